The Morgan fingerprint density at radius 2 is 1.92 bits per heavy atom. The van der Waals surface area contributed by atoms with E-state index in [4.69, 9.17) is 4.98 Å². The third-order valence-corrected chi connectivity index (χ3v) is 7.52. The predicted octanol–water partition coefficient (Wildman–Crippen LogP) is 7.04. The number of rotatable bonds is 10. The van der Waals surface area contributed by atoms with Crippen LogP contribution < -0.4 is 15.5 Å². The summed E-state index contributed by atoms with van der Waals surface area (Å²) in [6, 6.07) is 6.40. The van der Waals surface area contributed by atoms with Gasteiger partial charge in [0.15, 0.2) is 0 Å². The molecule has 38 heavy (non-hydrogen) atoms. The number of aromatic nitrogens is 3. The second-order valence-corrected chi connectivity index (χ2v) is 10.1. The SMILES string of the molecule is C=C/C(=C\C(=C/C)c1ccc(NC)c(C(=C)c2nc3c(N4CCCCC4)cncc3[nH]2)c1)NC(=C)C1CC1. The number of aromatic amines is 1. The van der Waals surface area contributed by atoms with Gasteiger partial charge in [-0.1, -0.05) is 31.9 Å². The van der Waals surface area contributed by atoms with Crippen molar-refractivity contribution < 1.29 is 0 Å². The van der Waals surface area contributed by atoms with Gasteiger partial charge in [-0.3, -0.25) is 4.98 Å². The minimum Gasteiger partial charge on any atom is -0.388 e. The molecule has 0 atom stereocenters. The molecule has 0 spiro atoms. The van der Waals surface area contributed by atoms with Crippen LogP contribution in [-0.4, -0.2) is 35.1 Å². The summed E-state index contributed by atoms with van der Waals surface area (Å²) in [6.45, 7) is 16.8. The van der Waals surface area contributed by atoms with Crippen LogP contribution >= 0.6 is 0 Å². The van der Waals surface area contributed by atoms with Crippen LogP contribution in [-0.2, 0) is 0 Å². The lowest BCUT2D eigenvalue weighted by Crippen LogP contribution is -2.29. The van der Waals surface area contributed by atoms with Crippen molar-refractivity contribution in [3.8, 4) is 0 Å². The van der Waals surface area contributed by atoms with Gasteiger partial charge in [-0.15, -0.1) is 0 Å². The molecule has 196 valence electrons. The molecule has 5 rings (SSSR count). The predicted molar refractivity (Wildman–Crippen MR) is 161 cm³/mol. The van der Waals surface area contributed by atoms with Gasteiger partial charge in [0.2, 0.25) is 0 Å². The van der Waals surface area contributed by atoms with E-state index in [2.05, 4.69) is 82.5 Å². The molecule has 0 unspecified atom stereocenters. The molecule has 6 nitrogen and oxygen atoms in total. The van der Waals surface area contributed by atoms with Crippen LogP contribution in [0.5, 0.6) is 0 Å². The van der Waals surface area contributed by atoms with Crippen LogP contribution in [0.3, 0.4) is 0 Å². The molecule has 3 N–H and O–H groups in total. The summed E-state index contributed by atoms with van der Waals surface area (Å²) in [4.78, 5) is 15.4. The number of fused-ring (bicyclic) bond motifs is 1. The number of piperidine rings is 1. The van der Waals surface area contributed by atoms with Crippen LogP contribution in [0.1, 0.15) is 56.0 Å². The van der Waals surface area contributed by atoms with Crippen LogP contribution in [0, 0.1) is 5.92 Å². The average Bonchev–Trinajstić information content (AvgIpc) is 3.73. The molecule has 0 amide bonds. The number of anilines is 2. The molecule has 0 bridgehead atoms. The maximum atomic E-state index is 5.03. The van der Waals surface area contributed by atoms with Gasteiger partial charge < -0.3 is 20.5 Å². The number of pyridine rings is 1. The monoisotopic (exact) mass is 506 g/mol. The summed E-state index contributed by atoms with van der Waals surface area (Å²) >= 11 is 0. The van der Waals surface area contributed by atoms with Crippen molar-refractivity contribution in [2.75, 3.05) is 30.4 Å². The zero-order chi connectivity index (χ0) is 26.6. The molecule has 1 aliphatic carbocycles. The van der Waals surface area contributed by atoms with Gasteiger partial charge in [-0.25, -0.2) is 4.98 Å². The Hall–Kier alpha value is -4.06. The van der Waals surface area contributed by atoms with Gasteiger partial charge in [0.1, 0.15) is 11.3 Å². The Morgan fingerprint density at radius 1 is 1.13 bits per heavy atom. The number of nitrogens with one attached hydrogen (secondary N) is 3. The largest absolute Gasteiger partial charge is 0.388 e. The van der Waals surface area contributed by atoms with Crippen molar-refractivity contribution >= 4 is 33.6 Å². The van der Waals surface area contributed by atoms with Crippen molar-refractivity contribution in [2.24, 2.45) is 5.92 Å². The van der Waals surface area contributed by atoms with E-state index in [0.717, 1.165) is 75.0 Å². The molecule has 2 fully saturated rings. The molecule has 1 aliphatic heterocycles. The van der Waals surface area contributed by atoms with Crippen molar-refractivity contribution in [2.45, 2.75) is 39.0 Å². The Bertz CT molecular complexity index is 1430. The second-order valence-electron chi connectivity index (χ2n) is 10.1. The molecule has 2 aliphatic rings. The van der Waals surface area contributed by atoms with Crippen LogP contribution in [0.25, 0.3) is 22.2 Å². The maximum absolute atomic E-state index is 5.03. The molecular weight excluding hydrogens is 468 g/mol. The third-order valence-electron chi connectivity index (χ3n) is 7.52. The van der Waals surface area contributed by atoms with E-state index in [0.29, 0.717) is 5.92 Å². The third kappa shape index (κ3) is 5.30. The lowest BCUT2D eigenvalue weighted by molar-refractivity contribution is 0.578. The lowest BCUT2D eigenvalue weighted by Gasteiger charge is -2.28. The number of nitrogens with zero attached hydrogens (tertiary/aromatic N) is 3. The number of hydrogen-bond acceptors (Lipinski definition) is 5. The lowest BCUT2D eigenvalue weighted by atomic mass is 9.96. The van der Waals surface area contributed by atoms with Crippen molar-refractivity contribution in [3.63, 3.8) is 0 Å². The van der Waals surface area contributed by atoms with Crippen LogP contribution in [0.15, 0.2) is 80.0 Å². The Morgan fingerprint density at radius 3 is 2.61 bits per heavy atom. The quantitative estimate of drug-likeness (QED) is 0.257. The highest BCUT2D eigenvalue weighted by Gasteiger charge is 2.24. The minimum atomic E-state index is 0.576. The number of allylic oxidation sites excluding steroid dienone is 5. The summed E-state index contributed by atoms with van der Waals surface area (Å²) in [6.07, 6.45) is 16.0. The van der Waals surface area contributed by atoms with Gasteiger partial charge in [0.05, 0.1) is 23.6 Å². The van der Waals surface area contributed by atoms with E-state index in [9.17, 15) is 0 Å². The fraction of sp³-hybridized carbons (Fsp3) is 0.312. The fourth-order valence-electron chi connectivity index (χ4n) is 5.11. The van der Waals surface area contributed by atoms with E-state index < -0.39 is 0 Å². The summed E-state index contributed by atoms with van der Waals surface area (Å²) in [5.74, 6) is 1.33. The topological polar surface area (TPSA) is 68.9 Å². The summed E-state index contributed by atoms with van der Waals surface area (Å²) in [7, 11) is 1.93. The first kappa shape index (κ1) is 25.6. The minimum absolute atomic E-state index is 0.576. The van der Waals surface area contributed by atoms with Gasteiger partial charge in [0, 0.05) is 48.4 Å². The molecule has 1 aromatic carbocycles. The highest BCUT2D eigenvalue weighted by atomic mass is 15.2. The van der Waals surface area contributed by atoms with E-state index >= 15 is 0 Å². The fourth-order valence-corrected chi connectivity index (χ4v) is 5.11. The molecular formula is C32H38N6. The highest BCUT2D eigenvalue weighted by Crippen LogP contribution is 2.35. The second kappa shape index (κ2) is 11.1. The van der Waals surface area contributed by atoms with Crippen molar-refractivity contribution in [1.82, 2.24) is 20.3 Å². The molecule has 0 radical (unpaired) electrons. The van der Waals surface area contributed by atoms with Crippen molar-refractivity contribution in [1.29, 1.82) is 0 Å². The van der Waals surface area contributed by atoms with E-state index in [1.54, 1.807) is 0 Å². The number of benzene rings is 1. The summed E-state index contributed by atoms with van der Waals surface area (Å²) < 4.78 is 0. The number of H-pyrrole nitrogens is 1. The Balaban J connectivity index is 1.47. The maximum Gasteiger partial charge on any atom is 0.138 e. The van der Waals surface area contributed by atoms with E-state index in [1.807, 2.05) is 25.5 Å². The first-order chi connectivity index (χ1) is 18.5. The van der Waals surface area contributed by atoms with E-state index in [-0.39, 0.29) is 0 Å². The van der Waals surface area contributed by atoms with Crippen LogP contribution in [0.4, 0.5) is 11.4 Å². The zero-order valence-electron chi connectivity index (χ0n) is 22.6. The smallest absolute Gasteiger partial charge is 0.138 e. The average molecular weight is 507 g/mol. The van der Waals surface area contributed by atoms with Gasteiger partial charge in [-0.05, 0) is 80.4 Å². The van der Waals surface area contributed by atoms with Gasteiger partial charge in [0.25, 0.3) is 0 Å². The molecule has 2 aromatic heterocycles. The molecule has 3 aromatic rings. The molecule has 3 heterocycles. The highest BCUT2D eigenvalue weighted by molar-refractivity contribution is 5.92. The van der Waals surface area contributed by atoms with Gasteiger partial charge in [-0.2, -0.15) is 0 Å². The van der Waals surface area contributed by atoms with Crippen LogP contribution in [0.2, 0.25) is 0 Å². The standard InChI is InChI=1S/C32H38N6/c1-6-23(17-26(7-2)35-22(4)24-11-12-24)25-13-14-28(33-5)27(18-25)21(3)32-36-29-19-34-20-30(31(29)37-32)38-15-9-8-10-16-38/h6-7,13-14,17-20,24,33,35H,2-4,8-12,15-16H2,1,5H3,(H,36,37)/b23-6+,26-17+. The number of imidazole rings is 1. The number of hydrogen-bond donors (Lipinski definition) is 3. The molecule has 1 saturated carbocycles. The first-order valence-corrected chi connectivity index (χ1v) is 13.6. The first-order valence-electron chi connectivity index (χ1n) is 13.6. The van der Waals surface area contributed by atoms with Crippen molar-refractivity contribution in [3.05, 3.63) is 96.9 Å². The normalized spacial score (nSPS) is 16.4. The summed E-state index contributed by atoms with van der Waals surface area (Å²) in [5.41, 5.74) is 10.0. The molecule has 1 saturated heterocycles. The zero-order valence-corrected chi connectivity index (χ0v) is 22.6. The Labute approximate surface area is 226 Å². The van der Waals surface area contributed by atoms with Gasteiger partial charge >= 0.3 is 0 Å². The Kier molecular flexibility index (Phi) is 7.50. The molecule has 6 heteroatoms. The van der Waals surface area contributed by atoms with E-state index in [1.165, 1.54) is 32.1 Å². The summed E-state index contributed by atoms with van der Waals surface area (Å²) in [5, 5.41) is 6.78.